The molecule has 1 aliphatic rings. The van der Waals surface area contributed by atoms with Gasteiger partial charge in [-0.25, -0.2) is 0 Å². The Hall–Kier alpha value is -1.06. The largest absolute Gasteiger partial charge is 0.480 e. The first-order valence-corrected chi connectivity index (χ1v) is 6.61. The number of hydrogen-bond donors (Lipinski definition) is 2. The molecule has 0 aliphatic heterocycles. The van der Waals surface area contributed by atoms with Crippen LogP contribution in [0.25, 0.3) is 0 Å². The summed E-state index contributed by atoms with van der Waals surface area (Å²) in [6, 6.07) is 0.174. The van der Waals surface area contributed by atoms with E-state index in [4.69, 9.17) is 0 Å². The number of nitrogens with one attached hydrogen (secondary N) is 1. The Morgan fingerprint density at radius 1 is 1.18 bits per heavy atom. The van der Waals surface area contributed by atoms with Crippen molar-refractivity contribution in [2.24, 2.45) is 5.41 Å². The summed E-state index contributed by atoms with van der Waals surface area (Å²) in [4.78, 5) is 23.5. The molecule has 1 rings (SSSR count). The molecule has 4 heteroatoms. The van der Waals surface area contributed by atoms with Gasteiger partial charge in [0, 0.05) is 6.04 Å². The first-order chi connectivity index (χ1) is 8.06. The highest BCUT2D eigenvalue weighted by Crippen LogP contribution is 2.28. The average Bonchev–Trinajstić information content (AvgIpc) is 2.32. The molecular weight excluding hydrogens is 218 g/mol. The molecule has 0 bridgehead atoms. The van der Waals surface area contributed by atoms with E-state index in [-0.39, 0.29) is 11.9 Å². The third-order valence-corrected chi connectivity index (χ3v) is 3.99. The summed E-state index contributed by atoms with van der Waals surface area (Å²) >= 11 is 0. The molecule has 98 valence electrons. The maximum absolute atomic E-state index is 12.1. The molecule has 0 saturated heterocycles. The normalized spacial score (nSPS) is 17.8. The van der Waals surface area contributed by atoms with Crippen LogP contribution in [0.15, 0.2) is 0 Å². The maximum Gasteiger partial charge on any atom is 0.319 e. The highest BCUT2D eigenvalue weighted by atomic mass is 16.4. The zero-order valence-corrected chi connectivity index (χ0v) is 10.8. The van der Waals surface area contributed by atoms with Crippen LogP contribution in [-0.2, 0) is 9.59 Å². The van der Waals surface area contributed by atoms with Gasteiger partial charge in [0.05, 0.1) is 0 Å². The van der Waals surface area contributed by atoms with E-state index in [2.05, 4.69) is 5.32 Å². The van der Waals surface area contributed by atoms with Crippen molar-refractivity contribution in [3.63, 3.8) is 0 Å². The Labute approximate surface area is 103 Å². The predicted molar refractivity (Wildman–Crippen MR) is 65.7 cm³/mol. The summed E-state index contributed by atoms with van der Waals surface area (Å²) in [7, 11) is 0. The molecule has 1 fully saturated rings. The van der Waals surface area contributed by atoms with Crippen molar-refractivity contribution in [2.45, 2.75) is 64.8 Å². The van der Waals surface area contributed by atoms with Crippen molar-refractivity contribution in [3.8, 4) is 0 Å². The number of rotatable bonds is 5. The molecule has 0 radical (unpaired) electrons. The van der Waals surface area contributed by atoms with Crippen LogP contribution >= 0.6 is 0 Å². The summed E-state index contributed by atoms with van der Waals surface area (Å²) in [6.45, 7) is 3.52. The first-order valence-electron chi connectivity index (χ1n) is 6.61. The number of amides is 1. The van der Waals surface area contributed by atoms with Gasteiger partial charge < -0.3 is 10.4 Å². The lowest BCUT2D eigenvalue weighted by Gasteiger charge is -2.30. The molecule has 1 amide bonds. The Balaban J connectivity index is 2.67. The number of carbonyl (C=O) groups excluding carboxylic acids is 1. The fourth-order valence-corrected chi connectivity index (χ4v) is 2.54. The number of carboxylic acids is 1. The second-order valence-electron chi connectivity index (χ2n) is 4.90. The molecule has 0 atom stereocenters. The van der Waals surface area contributed by atoms with Crippen molar-refractivity contribution in [1.29, 1.82) is 0 Å². The Morgan fingerprint density at radius 2 is 1.71 bits per heavy atom. The highest BCUT2D eigenvalue weighted by Gasteiger charge is 2.43. The van der Waals surface area contributed by atoms with Crippen LogP contribution in [0, 0.1) is 5.41 Å². The summed E-state index contributed by atoms with van der Waals surface area (Å²) < 4.78 is 0. The third kappa shape index (κ3) is 2.99. The lowest BCUT2D eigenvalue weighted by atomic mass is 9.81. The Bertz CT molecular complexity index is 278. The van der Waals surface area contributed by atoms with E-state index in [0.717, 1.165) is 25.7 Å². The van der Waals surface area contributed by atoms with E-state index in [9.17, 15) is 14.7 Å². The molecule has 17 heavy (non-hydrogen) atoms. The van der Waals surface area contributed by atoms with Gasteiger partial charge in [0.2, 0.25) is 5.91 Å². The monoisotopic (exact) mass is 241 g/mol. The number of carbonyl (C=O) groups is 2. The van der Waals surface area contributed by atoms with Crippen molar-refractivity contribution in [1.82, 2.24) is 5.32 Å². The third-order valence-electron chi connectivity index (χ3n) is 3.99. The predicted octanol–water partition coefficient (Wildman–Crippen LogP) is 2.33. The summed E-state index contributed by atoms with van der Waals surface area (Å²) in [6.07, 6.45) is 6.13. The van der Waals surface area contributed by atoms with E-state index < -0.39 is 11.4 Å². The molecule has 2 N–H and O–H groups in total. The van der Waals surface area contributed by atoms with Crippen LogP contribution in [0.3, 0.4) is 0 Å². The van der Waals surface area contributed by atoms with Crippen molar-refractivity contribution in [2.75, 3.05) is 0 Å². The summed E-state index contributed by atoms with van der Waals surface area (Å²) in [5, 5.41) is 12.2. The number of carboxylic acid groups (broad SMARTS) is 1. The smallest absolute Gasteiger partial charge is 0.319 e. The average molecular weight is 241 g/mol. The second-order valence-corrected chi connectivity index (χ2v) is 4.90. The van der Waals surface area contributed by atoms with E-state index in [0.29, 0.717) is 12.8 Å². The topological polar surface area (TPSA) is 66.4 Å². The van der Waals surface area contributed by atoms with Crippen molar-refractivity contribution < 1.29 is 14.7 Å². The van der Waals surface area contributed by atoms with E-state index in [1.54, 1.807) is 13.8 Å². The Morgan fingerprint density at radius 3 is 2.12 bits per heavy atom. The van der Waals surface area contributed by atoms with Gasteiger partial charge in [-0.3, -0.25) is 9.59 Å². The summed E-state index contributed by atoms with van der Waals surface area (Å²) in [5.74, 6) is -1.31. The maximum atomic E-state index is 12.1. The zero-order chi connectivity index (χ0) is 12.9. The molecule has 0 aromatic carbocycles. The van der Waals surface area contributed by atoms with Crippen LogP contribution in [0.2, 0.25) is 0 Å². The number of hydrogen-bond acceptors (Lipinski definition) is 2. The fraction of sp³-hybridized carbons (Fsp3) is 0.846. The van der Waals surface area contributed by atoms with Gasteiger partial charge in [0.1, 0.15) is 5.41 Å². The Kier molecular flexibility index (Phi) is 4.97. The van der Waals surface area contributed by atoms with Crippen LogP contribution in [0.5, 0.6) is 0 Å². The van der Waals surface area contributed by atoms with Gasteiger partial charge in [0.15, 0.2) is 0 Å². The fourth-order valence-electron chi connectivity index (χ4n) is 2.54. The van der Waals surface area contributed by atoms with Crippen LogP contribution < -0.4 is 5.32 Å². The zero-order valence-electron chi connectivity index (χ0n) is 10.8. The van der Waals surface area contributed by atoms with Crippen molar-refractivity contribution >= 4 is 11.9 Å². The first kappa shape index (κ1) is 14.0. The highest BCUT2D eigenvalue weighted by molar-refractivity contribution is 6.01. The quantitative estimate of drug-likeness (QED) is 0.726. The van der Waals surface area contributed by atoms with Crippen molar-refractivity contribution in [3.05, 3.63) is 0 Å². The van der Waals surface area contributed by atoms with Gasteiger partial charge in [0.25, 0.3) is 0 Å². The van der Waals surface area contributed by atoms with Gasteiger partial charge in [-0.05, 0) is 25.7 Å². The van der Waals surface area contributed by atoms with Gasteiger partial charge in [-0.2, -0.15) is 0 Å². The lowest BCUT2D eigenvalue weighted by molar-refractivity contribution is -0.156. The van der Waals surface area contributed by atoms with E-state index in [1.165, 1.54) is 6.42 Å². The SMILES string of the molecule is CCC(CC)(C(=O)O)C(=O)NC1CCCCC1. The molecular formula is C13H23NO3. The molecule has 0 unspecified atom stereocenters. The standard InChI is InChI=1S/C13H23NO3/c1-3-13(4-2,12(16)17)11(15)14-10-8-6-5-7-9-10/h10H,3-9H2,1-2H3,(H,14,15)(H,16,17). The molecule has 0 heterocycles. The summed E-state index contributed by atoms with van der Waals surface area (Å²) in [5.41, 5.74) is -1.24. The lowest BCUT2D eigenvalue weighted by Crippen LogP contribution is -2.49. The van der Waals surface area contributed by atoms with Crippen LogP contribution in [-0.4, -0.2) is 23.0 Å². The molecule has 0 aromatic heterocycles. The van der Waals surface area contributed by atoms with Crippen LogP contribution in [0.1, 0.15) is 58.8 Å². The van der Waals surface area contributed by atoms with Crippen LogP contribution in [0.4, 0.5) is 0 Å². The minimum atomic E-state index is -1.24. The second kappa shape index (κ2) is 6.03. The van der Waals surface area contributed by atoms with Gasteiger partial charge in [-0.1, -0.05) is 33.1 Å². The van der Waals surface area contributed by atoms with Gasteiger partial charge in [-0.15, -0.1) is 0 Å². The van der Waals surface area contributed by atoms with E-state index >= 15 is 0 Å². The molecule has 1 aliphatic carbocycles. The minimum absolute atomic E-state index is 0.174. The minimum Gasteiger partial charge on any atom is -0.480 e. The van der Waals surface area contributed by atoms with E-state index in [1.807, 2.05) is 0 Å². The number of aliphatic carboxylic acids is 1. The molecule has 4 nitrogen and oxygen atoms in total. The molecule has 0 aromatic rings. The van der Waals surface area contributed by atoms with Gasteiger partial charge >= 0.3 is 5.97 Å². The molecule has 1 saturated carbocycles. The molecule has 0 spiro atoms.